The van der Waals surface area contributed by atoms with Gasteiger partial charge < -0.3 is 10.1 Å². The predicted octanol–water partition coefficient (Wildman–Crippen LogP) is 2.28. The highest BCUT2D eigenvalue weighted by Gasteiger charge is 2.10. The van der Waals surface area contributed by atoms with E-state index in [-0.39, 0.29) is 6.04 Å². The molecule has 0 saturated heterocycles. The van der Waals surface area contributed by atoms with Gasteiger partial charge in [-0.25, -0.2) is 9.97 Å². The maximum absolute atomic E-state index is 5.23. The van der Waals surface area contributed by atoms with Crippen LogP contribution in [0.15, 0.2) is 49.1 Å². The van der Waals surface area contributed by atoms with E-state index in [1.165, 1.54) is 11.9 Å². The molecule has 17 heavy (non-hydrogen) atoms. The summed E-state index contributed by atoms with van der Waals surface area (Å²) < 4.78 is 5.23. The van der Waals surface area contributed by atoms with Crippen molar-refractivity contribution in [1.29, 1.82) is 0 Å². The monoisotopic (exact) mass is 229 g/mol. The van der Waals surface area contributed by atoms with E-state index in [0.717, 1.165) is 5.69 Å². The summed E-state index contributed by atoms with van der Waals surface area (Å²) in [5.41, 5.74) is 2.07. The molecule has 1 aromatic carbocycles. The number of nitrogens with zero attached hydrogens (tertiary/aromatic N) is 2. The topological polar surface area (TPSA) is 47.0 Å². The molecule has 0 aliphatic carbocycles. The summed E-state index contributed by atoms with van der Waals surface area (Å²) in [5.74, 6) is 0. The molecule has 0 aliphatic rings. The minimum atomic E-state index is 0.104. The Morgan fingerprint density at radius 1 is 1.18 bits per heavy atom. The van der Waals surface area contributed by atoms with E-state index >= 15 is 0 Å². The summed E-state index contributed by atoms with van der Waals surface area (Å²) in [6.07, 6.45) is 5.01. The number of ether oxygens (including phenoxy) is 1. The van der Waals surface area contributed by atoms with Gasteiger partial charge in [0, 0.05) is 7.11 Å². The van der Waals surface area contributed by atoms with Crippen molar-refractivity contribution in [3.8, 4) is 0 Å². The molecule has 4 heteroatoms. The number of hydrogen-bond donors (Lipinski definition) is 1. The van der Waals surface area contributed by atoms with E-state index in [0.29, 0.717) is 6.61 Å². The van der Waals surface area contributed by atoms with E-state index < -0.39 is 0 Å². The van der Waals surface area contributed by atoms with Crippen molar-refractivity contribution in [2.45, 2.75) is 6.04 Å². The largest absolute Gasteiger partial charge is 0.382 e. The lowest BCUT2D eigenvalue weighted by Gasteiger charge is -2.19. The number of methoxy groups -OCH3 is 1. The minimum absolute atomic E-state index is 0.104. The lowest BCUT2D eigenvalue weighted by molar-refractivity contribution is 0.186. The maximum Gasteiger partial charge on any atom is 0.115 e. The van der Waals surface area contributed by atoms with Gasteiger partial charge in [-0.3, -0.25) is 0 Å². The van der Waals surface area contributed by atoms with Gasteiger partial charge in [-0.2, -0.15) is 0 Å². The van der Waals surface area contributed by atoms with E-state index in [2.05, 4.69) is 27.4 Å². The predicted molar refractivity (Wildman–Crippen MR) is 66.7 cm³/mol. The summed E-state index contributed by atoms with van der Waals surface area (Å²) >= 11 is 0. The highest BCUT2D eigenvalue weighted by molar-refractivity contribution is 5.41. The van der Waals surface area contributed by atoms with E-state index in [4.69, 9.17) is 4.74 Å². The molecule has 1 atom stereocenters. The zero-order valence-corrected chi connectivity index (χ0v) is 9.71. The highest BCUT2D eigenvalue weighted by Crippen LogP contribution is 2.18. The lowest BCUT2D eigenvalue weighted by Crippen LogP contribution is -2.16. The van der Waals surface area contributed by atoms with Crippen molar-refractivity contribution in [2.24, 2.45) is 0 Å². The highest BCUT2D eigenvalue weighted by atomic mass is 16.5. The van der Waals surface area contributed by atoms with Gasteiger partial charge in [0.1, 0.15) is 6.33 Å². The normalized spacial score (nSPS) is 12.1. The molecule has 88 valence electrons. The van der Waals surface area contributed by atoms with Gasteiger partial charge in [-0.1, -0.05) is 30.3 Å². The Bertz CT molecular complexity index is 433. The summed E-state index contributed by atoms with van der Waals surface area (Å²) in [6, 6.07) is 10.3. The van der Waals surface area contributed by atoms with Gasteiger partial charge in [-0.15, -0.1) is 0 Å². The Hall–Kier alpha value is -1.94. The van der Waals surface area contributed by atoms with Crippen LogP contribution in [-0.2, 0) is 4.74 Å². The molecule has 1 aromatic heterocycles. The second-order valence-corrected chi connectivity index (χ2v) is 3.69. The second-order valence-electron chi connectivity index (χ2n) is 3.69. The van der Waals surface area contributed by atoms with E-state index in [1.807, 2.05) is 18.2 Å². The van der Waals surface area contributed by atoms with Crippen LogP contribution in [0.5, 0.6) is 0 Å². The van der Waals surface area contributed by atoms with Crippen LogP contribution in [0.2, 0.25) is 0 Å². The summed E-state index contributed by atoms with van der Waals surface area (Å²) in [4.78, 5) is 7.95. The van der Waals surface area contributed by atoms with Gasteiger partial charge in [0.25, 0.3) is 0 Å². The first-order valence-electron chi connectivity index (χ1n) is 5.45. The number of nitrogens with one attached hydrogen (secondary N) is 1. The molecule has 0 amide bonds. The van der Waals surface area contributed by atoms with Gasteiger partial charge in [0.05, 0.1) is 30.7 Å². The smallest absolute Gasteiger partial charge is 0.115 e. The van der Waals surface area contributed by atoms with Crippen LogP contribution >= 0.6 is 0 Å². The van der Waals surface area contributed by atoms with Crippen molar-refractivity contribution < 1.29 is 4.74 Å². The van der Waals surface area contributed by atoms with Crippen LogP contribution in [0.4, 0.5) is 5.69 Å². The van der Waals surface area contributed by atoms with Gasteiger partial charge in [-0.05, 0) is 5.56 Å². The molecular formula is C13H15N3O. The first-order valence-corrected chi connectivity index (χ1v) is 5.45. The SMILES string of the molecule is COCC(Nc1cncnc1)c1ccccc1. The quantitative estimate of drug-likeness (QED) is 0.854. The fourth-order valence-corrected chi connectivity index (χ4v) is 1.65. The standard InChI is InChI=1S/C13H15N3O/c1-17-9-13(11-5-3-2-4-6-11)16-12-7-14-10-15-8-12/h2-8,10,13,16H,9H2,1H3. The third-order valence-corrected chi connectivity index (χ3v) is 2.44. The molecule has 2 rings (SSSR count). The first-order chi connectivity index (χ1) is 8.40. The van der Waals surface area contributed by atoms with Crippen molar-refractivity contribution >= 4 is 5.69 Å². The van der Waals surface area contributed by atoms with Gasteiger partial charge >= 0.3 is 0 Å². The Labute approximate surface area is 101 Å². The van der Waals surface area contributed by atoms with Crippen molar-refractivity contribution in [3.63, 3.8) is 0 Å². The van der Waals surface area contributed by atoms with Crippen LogP contribution in [0, 0.1) is 0 Å². The Balaban J connectivity index is 2.13. The lowest BCUT2D eigenvalue weighted by atomic mass is 10.1. The summed E-state index contributed by atoms with van der Waals surface area (Å²) in [6.45, 7) is 0.596. The molecule has 0 saturated carbocycles. The average molecular weight is 229 g/mol. The number of rotatable bonds is 5. The van der Waals surface area contributed by atoms with Crippen molar-refractivity contribution in [1.82, 2.24) is 9.97 Å². The second kappa shape index (κ2) is 5.96. The van der Waals surface area contributed by atoms with Gasteiger partial charge in [0.15, 0.2) is 0 Å². The maximum atomic E-state index is 5.23. The Kier molecular flexibility index (Phi) is 4.05. The molecule has 1 unspecified atom stereocenters. The minimum Gasteiger partial charge on any atom is -0.382 e. The molecule has 0 radical (unpaired) electrons. The molecule has 2 aromatic rings. The number of benzene rings is 1. The molecule has 1 heterocycles. The average Bonchev–Trinajstić information content (AvgIpc) is 2.40. The molecule has 0 spiro atoms. The van der Waals surface area contributed by atoms with Crippen LogP contribution < -0.4 is 5.32 Å². The van der Waals surface area contributed by atoms with Crippen LogP contribution in [0.3, 0.4) is 0 Å². The molecule has 4 nitrogen and oxygen atoms in total. The molecule has 0 aliphatic heterocycles. The first kappa shape index (κ1) is 11.5. The van der Waals surface area contributed by atoms with E-state index in [9.17, 15) is 0 Å². The fourth-order valence-electron chi connectivity index (χ4n) is 1.65. The summed E-state index contributed by atoms with van der Waals surface area (Å²) in [5, 5.41) is 3.35. The van der Waals surface area contributed by atoms with Crippen LogP contribution in [0.1, 0.15) is 11.6 Å². The zero-order valence-electron chi connectivity index (χ0n) is 9.71. The third-order valence-electron chi connectivity index (χ3n) is 2.44. The third kappa shape index (κ3) is 3.26. The Morgan fingerprint density at radius 2 is 1.88 bits per heavy atom. The number of hydrogen-bond acceptors (Lipinski definition) is 4. The van der Waals surface area contributed by atoms with Gasteiger partial charge in [0.2, 0.25) is 0 Å². The summed E-state index contributed by atoms with van der Waals surface area (Å²) in [7, 11) is 1.69. The number of aromatic nitrogens is 2. The van der Waals surface area contributed by atoms with Crippen LogP contribution in [0.25, 0.3) is 0 Å². The molecule has 0 bridgehead atoms. The van der Waals surface area contributed by atoms with Crippen molar-refractivity contribution in [3.05, 3.63) is 54.6 Å². The molecular weight excluding hydrogens is 214 g/mol. The van der Waals surface area contributed by atoms with E-state index in [1.54, 1.807) is 19.5 Å². The molecule has 1 N–H and O–H groups in total. The number of anilines is 1. The fraction of sp³-hybridized carbons (Fsp3) is 0.231. The Morgan fingerprint density at radius 3 is 2.53 bits per heavy atom. The molecule has 0 fully saturated rings. The van der Waals surface area contributed by atoms with Crippen molar-refractivity contribution in [2.75, 3.05) is 19.0 Å². The van der Waals surface area contributed by atoms with Crippen LogP contribution in [-0.4, -0.2) is 23.7 Å². The zero-order chi connectivity index (χ0) is 11.9.